The van der Waals surface area contributed by atoms with Crippen molar-refractivity contribution in [1.82, 2.24) is 4.98 Å². The number of pyridine rings is 1. The van der Waals surface area contributed by atoms with Gasteiger partial charge in [0.1, 0.15) is 5.75 Å². The van der Waals surface area contributed by atoms with E-state index in [1.54, 1.807) is 48.5 Å². The smallest absolute Gasteiger partial charge is 0.337 e. The Bertz CT molecular complexity index is 994. The number of carbonyl (C=O) groups is 1. The molecule has 0 aliphatic rings. The summed E-state index contributed by atoms with van der Waals surface area (Å²) in [5, 5.41) is 4.13. The highest BCUT2D eigenvalue weighted by Crippen LogP contribution is 2.26. The van der Waals surface area contributed by atoms with Crippen LogP contribution in [-0.4, -0.2) is 18.1 Å². The Labute approximate surface area is 172 Å². The van der Waals surface area contributed by atoms with Gasteiger partial charge in [-0.15, -0.1) is 0 Å². The maximum atomic E-state index is 11.5. The molecule has 0 unspecified atom stereocenters. The molecule has 1 aromatic heterocycles. The quantitative estimate of drug-likeness (QED) is 0.538. The first-order chi connectivity index (χ1) is 13.5. The number of aromatic nitrogens is 1. The molecule has 0 amide bonds. The van der Waals surface area contributed by atoms with Gasteiger partial charge in [0, 0.05) is 12.6 Å². The second kappa shape index (κ2) is 8.82. The summed E-state index contributed by atoms with van der Waals surface area (Å²) in [7, 11) is 1.33. The van der Waals surface area contributed by atoms with Crippen molar-refractivity contribution >= 4 is 40.7 Å². The first-order valence-corrected chi connectivity index (χ1v) is 9.02. The number of anilines is 2. The van der Waals surface area contributed by atoms with Gasteiger partial charge in [-0.05, 0) is 48.0 Å². The third-order valence-electron chi connectivity index (χ3n) is 3.84. The number of nitrogens with one attached hydrogen (secondary N) is 1. The number of methoxy groups -OCH3 is 1. The molecular formula is C20H17Cl2N3O3. The molecule has 0 spiro atoms. The van der Waals surface area contributed by atoms with Crippen LogP contribution in [0.3, 0.4) is 0 Å². The Kier molecular flexibility index (Phi) is 6.23. The fourth-order valence-corrected chi connectivity index (χ4v) is 2.70. The maximum absolute atomic E-state index is 11.5. The Morgan fingerprint density at radius 3 is 2.50 bits per heavy atom. The van der Waals surface area contributed by atoms with Crippen LogP contribution in [0.5, 0.6) is 11.6 Å². The van der Waals surface area contributed by atoms with Crippen LogP contribution in [0.1, 0.15) is 15.9 Å². The monoisotopic (exact) mass is 417 g/mol. The molecule has 0 fully saturated rings. The zero-order valence-electron chi connectivity index (χ0n) is 14.9. The summed E-state index contributed by atoms with van der Waals surface area (Å²) in [4.78, 5) is 15.9. The van der Waals surface area contributed by atoms with Gasteiger partial charge in [0.25, 0.3) is 0 Å². The van der Waals surface area contributed by atoms with E-state index in [1.807, 2.05) is 6.07 Å². The summed E-state index contributed by atoms with van der Waals surface area (Å²) >= 11 is 12.0. The van der Waals surface area contributed by atoms with Crippen molar-refractivity contribution in [1.29, 1.82) is 0 Å². The Balaban J connectivity index is 1.70. The lowest BCUT2D eigenvalue weighted by Gasteiger charge is -2.11. The normalized spacial score (nSPS) is 10.4. The minimum Gasteiger partial charge on any atom is -0.465 e. The molecule has 2 aromatic carbocycles. The molecule has 3 aromatic rings. The predicted molar refractivity (Wildman–Crippen MR) is 110 cm³/mol. The largest absolute Gasteiger partial charge is 0.465 e. The van der Waals surface area contributed by atoms with E-state index in [0.717, 1.165) is 5.56 Å². The molecule has 28 heavy (non-hydrogen) atoms. The first-order valence-electron chi connectivity index (χ1n) is 8.27. The third-order valence-corrected chi connectivity index (χ3v) is 4.58. The van der Waals surface area contributed by atoms with Gasteiger partial charge >= 0.3 is 5.97 Å². The van der Waals surface area contributed by atoms with Gasteiger partial charge in [-0.25, -0.2) is 4.79 Å². The highest BCUT2D eigenvalue weighted by molar-refractivity contribution is 6.42. The van der Waals surface area contributed by atoms with E-state index in [0.29, 0.717) is 45.3 Å². The lowest BCUT2D eigenvalue weighted by Crippen LogP contribution is -2.05. The average Bonchev–Trinajstić information content (AvgIpc) is 2.71. The number of halogens is 2. The van der Waals surface area contributed by atoms with Crippen LogP contribution in [0.2, 0.25) is 10.0 Å². The summed E-state index contributed by atoms with van der Waals surface area (Å²) in [6, 6.07) is 15.3. The van der Waals surface area contributed by atoms with Crippen molar-refractivity contribution in [3.05, 3.63) is 75.8 Å². The van der Waals surface area contributed by atoms with E-state index in [1.165, 1.54) is 7.11 Å². The predicted octanol–water partition coefficient (Wildman–Crippen LogP) is 5.16. The number of esters is 1. The van der Waals surface area contributed by atoms with Crippen LogP contribution < -0.4 is 15.8 Å². The molecule has 0 bridgehead atoms. The number of rotatable bonds is 6. The van der Waals surface area contributed by atoms with Crippen LogP contribution in [-0.2, 0) is 11.3 Å². The van der Waals surface area contributed by atoms with Gasteiger partial charge < -0.3 is 20.5 Å². The topological polar surface area (TPSA) is 86.5 Å². The van der Waals surface area contributed by atoms with Gasteiger partial charge in [-0.2, -0.15) is 4.98 Å². The van der Waals surface area contributed by atoms with Crippen LogP contribution >= 0.6 is 23.2 Å². The van der Waals surface area contributed by atoms with Gasteiger partial charge in [0.15, 0.2) is 5.82 Å². The fraction of sp³-hybridized carbons (Fsp3) is 0.100. The second-order valence-corrected chi connectivity index (χ2v) is 6.62. The van der Waals surface area contributed by atoms with E-state index >= 15 is 0 Å². The standard InChI is InChI=1S/C20H17Cl2N3O3/c1-27-20(26)13-3-5-14(6-4-13)28-18-9-8-17(23)19(25-18)24-11-12-2-7-15(21)16(22)10-12/h2-10H,11,23H2,1H3,(H,24,25). The fourth-order valence-electron chi connectivity index (χ4n) is 2.38. The van der Waals surface area contributed by atoms with Crippen molar-refractivity contribution in [3.63, 3.8) is 0 Å². The zero-order valence-corrected chi connectivity index (χ0v) is 16.4. The number of nitrogens with zero attached hydrogens (tertiary/aromatic N) is 1. The number of ether oxygens (including phenoxy) is 2. The molecule has 6 nitrogen and oxygen atoms in total. The van der Waals surface area contributed by atoms with Crippen molar-refractivity contribution in [3.8, 4) is 11.6 Å². The molecule has 1 heterocycles. The molecule has 0 aliphatic heterocycles. The summed E-state index contributed by atoms with van der Waals surface area (Å²) in [5.74, 6) is 0.956. The third kappa shape index (κ3) is 4.85. The number of hydrogen-bond acceptors (Lipinski definition) is 6. The van der Waals surface area contributed by atoms with Crippen molar-refractivity contribution in [2.24, 2.45) is 0 Å². The van der Waals surface area contributed by atoms with Gasteiger partial charge in [-0.3, -0.25) is 0 Å². The van der Waals surface area contributed by atoms with Crippen LogP contribution in [0.25, 0.3) is 0 Å². The molecule has 8 heteroatoms. The van der Waals surface area contributed by atoms with Crippen molar-refractivity contribution in [2.75, 3.05) is 18.2 Å². The minimum absolute atomic E-state index is 0.358. The van der Waals surface area contributed by atoms with E-state index in [2.05, 4.69) is 15.0 Å². The minimum atomic E-state index is -0.411. The van der Waals surface area contributed by atoms with E-state index in [4.69, 9.17) is 33.7 Å². The summed E-state index contributed by atoms with van der Waals surface area (Å²) in [6.45, 7) is 0.464. The van der Waals surface area contributed by atoms with Gasteiger partial charge in [0.2, 0.25) is 5.88 Å². The molecular weight excluding hydrogens is 401 g/mol. The van der Waals surface area contributed by atoms with Crippen LogP contribution in [0.4, 0.5) is 11.5 Å². The zero-order chi connectivity index (χ0) is 20.1. The Morgan fingerprint density at radius 2 is 1.82 bits per heavy atom. The number of hydrogen-bond donors (Lipinski definition) is 2. The highest BCUT2D eigenvalue weighted by Gasteiger charge is 2.08. The van der Waals surface area contributed by atoms with Crippen molar-refractivity contribution in [2.45, 2.75) is 6.54 Å². The van der Waals surface area contributed by atoms with Crippen LogP contribution in [0.15, 0.2) is 54.6 Å². The molecule has 0 aliphatic carbocycles. The first kappa shape index (κ1) is 19.8. The van der Waals surface area contributed by atoms with Gasteiger partial charge in [-0.1, -0.05) is 29.3 Å². The lowest BCUT2D eigenvalue weighted by atomic mass is 10.2. The number of nitrogens with two attached hydrogens (primary N) is 1. The number of carbonyl (C=O) groups excluding carboxylic acids is 1. The van der Waals surface area contributed by atoms with E-state index in [9.17, 15) is 4.79 Å². The summed E-state index contributed by atoms with van der Waals surface area (Å²) < 4.78 is 10.4. The molecule has 3 N–H and O–H groups in total. The lowest BCUT2D eigenvalue weighted by molar-refractivity contribution is 0.0600. The van der Waals surface area contributed by atoms with Crippen molar-refractivity contribution < 1.29 is 14.3 Å². The highest BCUT2D eigenvalue weighted by atomic mass is 35.5. The summed E-state index contributed by atoms with van der Waals surface area (Å²) in [5.41, 5.74) is 7.84. The Hall–Kier alpha value is -2.96. The molecule has 144 valence electrons. The van der Waals surface area contributed by atoms with Crippen LogP contribution in [0, 0.1) is 0 Å². The molecule has 0 saturated carbocycles. The summed E-state index contributed by atoms with van der Waals surface area (Å²) in [6.07, 6.45) is 0. The molecule has 3 rings (SSSR count). The second-order valence-electron chi connectivity index (χ2n) is 5.81. The van der Waals surface area contributed by atoms with E-state index in [-0.39, 0.29) is 0 Å². The molecule has 0 saturated heterocycles. The van der Waals surface area contributed by atoms with Gasteiger partial charge in [0.05, 0.1) is 28.4 Å². The number of benzene rings is 2. The average molecular weight is 418 g/mol. The SMILES string of the molecule is COC(=O)c1ccc(Oc2ccc(N)c(NCc3ccc(Cl)c(Cl)c3)n2)cc1. The number of nitrogen functional groups attached to an aromatic ring is 1. The maximum Gasteiger partial charge on any atom is 0.337 e. The van der Waals surface area contributed by atoms with E-state index < -0.39 is 5.97 Å². The molecule has 0 radical (unpaired) electrons. The Morgan fingerprint density at radius 1 is 1.07 bits per heavy atom. The molecule has 0 atom stereocenters.